The van der Waals surface area contributed by atoms with Crippen LogP contribution in [0.15, 0.2) is 42.5 Å². The third kappa shape index (κ3) is 2.86. The Labute approximate surface area is 155 Å². The second-order valence-electron chi connectivity index (χ2n) is 5.29. The fourth-order valence-corrected chi connectivity index (χ4v) is 5.53. The molecule has 1 aromatic carbocycles. The van der Waals surface area contributed by atoms with Crippen molar-refractivity contribution in [1.29, 1.82) is 0 Å². The first kappa shape index (κ1) is 16.1. The van der Waals surface area contributed by atoms with E-state index < -0.39 is 0 Å². The number of aromatic nitrogens is 2. The highest BCUT2D eigenvalue weighted by Crippen LogP contribution is 2.39. The first-order valence-corrected chi connectivity index (χ1v) is 10.8. The summed E-state index contributed by atoms with van der Waals surface area (Å²) in [4.78, 5) is 5.13. The van der Waals surface area contributed by atoms with E-state index in [-0.39, 0.29) is 0 Å². The molecule has 0 fully saturated rings. The van der Waals surface area contributed by atoms with Crippen LogP contribution in [-0.4, -0.2) is 8.75 Å². The predicted molar refractivity (Wildman–Crippen MR) is 112 cm³/mol. The SMILES string of the molecule is C/C=C/c1ccc(-c2ccc(-c3ccc(CP)s3)c3nsnc23)s1. The number of allylic oxidation sites excluding steroid dienone is 1. The Morgan fingerprint density at radius 2 is 1.58 bits per heavy atom. The average molecular weight is 387 g/mol. The summed E-state index contributed by atoms with van der Waals surface area (Å²) in [6, 6.07) is 13.1. The highest BCUT2D eigenvalue weighted by atomic mass is 32.1. The smallest absolute Gasteiger partial charge is 0.114 e. The third-order valence-corrected chi connectivity index (χ3v) is 7.26. The number of hydrogen-bond donors (Lipinski definition) is 0. The summed E-state index contributed by atoms with van der Waals surface area (Å²) in [5.41, 5.74) is 4.37. The molecule has 0 amide bonds. The van der Waals surface area contributed by atoms with Crippen LogP contribution in [0.3, 0.4) is 0 Å². The Kier molecular flexibility index (Phi) is 4.59. The van der Waals surface area contributed by atoms with Crippen molar-refractivity contribution in [2.75, 3.05) is 0 Å². The van der Waals surface area contributed by atoms with Gasteiger partial charge >= 0.3 is 0 Å². The van der Waals surface area contributed by atoms with Gasteiger partial charge in [0.25, 0.3) is 0 Å². The summed E-state index contributed by atoms with van der Waals surface area (Å²) >= 11 is 4.91. The standard InChI is InChI=1S/C18H15N2PS3/c1-2-3-11-4-8-15(22-11)13-6-7-14(18-17(13)19-24-20-18)16-9-5-12(10-21)23-16/h2-9H,10,21H2,1H3/b3-2+. The average Bonchev–Trinajstić information content (AvgIpc) is 3.34. The number of thiophene rings is 2. The van der Waals surface area contributed by atoms with Crippen molar-refractivity contribution in [3.05, 3.63) is 52.2 Å². The van der Waals surface area contributed by atoms with Gasteiger partial charge in [0, 0.05) is 30.6 Å². The molecule has 0 aliphatic rings. The zero-order valence-corrected chi connectivity index (χ0v) is 16.6. The highest BCUT2D eigenvalue weighted by molar-refractivity contribution is 7.20. The molecule has 1 unspecified atom stereocenters. The molecule has 24 heavy (non-hydrogen) atoms. The largest absolute Gasteiger partial charge is 0.172 e. The van der Waals surface area contributed by atoms with Gasteiger partial charge in [0.05, 0.1) is 11.7 Å². The predicted octanol–water partition coefficient (Wildman–Crippen LogP) is 6.56. The Morgan fingerprint density at radius 1 is 0.917 bits per heavy atom. The Balaban J connectivity index is 1.84. The second-order valence-corrected chi connectivity index (χ2v) is 8.51. The maximum atomic E-state index is 4.58. The quantitative estimate of drug-likeness (QED) is 0.371. The first-order chi connectivity index (χ1) is 11.8. The molecule has 6 heteroatoms. The molecule has 0 N–H and O–H groups in total. The molecule has 0 bridgehead atoms. The molecule has 0 spiro atoms. The maximum absolute atomic E-state index is 4.58. The van der Waals surface area contributed by atoms with Gasteiger partial charge in [-0.3, -0.25) is 0 Å². The molecule has 0 aliphatic carbocycles. The van der Waals surface area contributed by atoms with Gasteiger partial charge in [-0.05, 0) is 43.4 Å². The lowest BCUT2D eigenvalue weighted by molar-refractivity contribution is 1.56. The van der Waals surface area contributed by atoms with Crippen LogP contribution in [0.4, 0.5) is 0 Å². The van der Waals surface area contributed by atoms with Gasteiger partial charge in [-0.1, -0.05) is 18.2 Å². The van der Waals surface area contributed by atoms with E-state index in [1.807, 2.05) is 18.3 Å². The van der Waals surface area contributed by atoms with Crippen LogP contribution >= 0.6 is 43.6 Å². The normalized spacial score (nSPS) is 11.8. The van der Waals surface area contributed by atoms with Crippen molar-refractivity contribution in [2.45, 2.75) is 13.1 Å². The lowest BCUT2D eigenvalue weighted by Gasteiger charge is -2.03. The molecule has 0 aliphatic heterocycles. The fraction of sp³-hybridized carbons (Fsp3) is 0.111. The molecule has 0 radical (unpaired) electrons. The molecular formula is C18H15N2PS3. The van der Waals surface area contributed by atoms with Crippen molar-refractivity contribution in [1.82, 2.24) is 8.75 Å². The lowest BCUT2D eigenvalue weighted by atomic mass is 10.1. The molecular weight excluding hydrogens is 371 g/mol. The van der Waals surface area contributed by atoms with Crippen molar-refractivity contribution in [2.24, 2.45) is 0 Å². The zero-order valence-electron chi connectivity index (χ0n) is 13.0. The minimum absolute atomic E-state index is 0.990. The first-order valence-electron chi connectivity index (χ1n) is 7.57. The van der Waals surface area contributed by atoms with Crippen molar-refractivity contribution in [3.8, 4) is 20.9 Å². The van der Waals surface area contributed by atoms with E-state index in [4.69, 9.17) is 0 Å². The van der Waals surface area contributed by atoms with Gasteiger partial charge in [-0.2, -0.15) is 8.75 Å². The van der Waals surface area contributed by atoms with Crippen LogP contribution in [0.2, 0.25) is 0 Å². The molecule has 4 aromatic rings. The lowest BCUT2D eigenvalue weighted by Crippen LogP contribution is -1.81. The van der Waals surface area contributed by atoms with Gasteiger partial charge in [0.1, 0.15) is 11.0 Å². The molecule has 3 aromatic heterocycles. The molecule has 3 heterocycles. The highest BCUT2D eigenvalue weighted by Gasteiger charge is 2.15. The molecule has 0 saturated carbocycles. The second kappa shape index (κ2) is 6.85. The van der Waals surface area contributed by atoms with E-state index in [1.54, 1.807) is 11.3 Å². The zero-order chi connectivity index (χ0) is 16.5. The summed E-state index contributed by atoms with van der Waals surface area (Å²) < 4.78 is 9.17. The van der Waals surface area contributed by atoms with Crippen molar-refractivity contribution >= 4 is 60.8 Å². The summed E-state index contributed by atoms with van der Waals surface area (Å²) in [6.45, 7) is 2.04. The minimum Gasteiger partial charge on any atom is -0.172 e. The molecule has 4 rings (SSSR count). The van der Waals surface area contributed by atoms with E-state index in [0.29, 0.717) is 0 Å². The Hall–Kier alpha value is -1.39. The van der Waals surface area contributed by atoms with Gasteiger partial charge < -0.3 is 0 Å². The monoisotopic (exact) mass is 386 g/mol. The fourth-order valence-electron chi connectivity index (χ4n) is 2.65. The van der Waals surface area contributed by atoms with Crippen LogP contribution in [0.1, 0.15) is 16.7 Å². The summed E-state index contributed by atoms with van der Waals surface area (Å²) in [5, 5.41) is 0. The molecule has 1 atom stereocenters. The topological polar surface area (TPSA) is 25.8 Å². The van der Waals surface area contributed by atoms with Crippen LogP contribution in [0.5, 0.6) is 0 Å². The van der Waals surface area contributed by atoms with Gasteiger partial charge in [-0.25, -0.2) is 0 Å². The number of rotatable bonds is 4. The summed E-state index contributed by atoms with van der Waals surface area (Å²) in [7, 11) is 2.78. The van der Waals surface area contributed by atoms with E-state index in [2.05, 4.69) is 66.5 Å². The van der Waals surface area contributed by atoms with Gasteiger partial charge in [0.15, 0.2) is 0 Å². The molecule has 0 saturated heterocycles. The Bertz CT molecular complexity index is 1030. The molecule has 2 nitrogen and oxygen atoms in total. The van der Waals surface area contributed by atoms with Crippen molar-refractivity contribution in [3.63, 3.8) is 0 Å². The van der Waals surface area contributed by atoms with E-state index in [1.165, 1.54) is 42.4 Å². The van der Waals surface area contributed by atoms with Crippen LogP contribution in [0.25, 0.3) is 38.0 Å². The Morgan fingerprint density at radius 3 is 2.21 bits per heavy atom. The summed E-state index contributed by atoms with van der Waals surface area (Å²) in [5.74, 6) is 0. The molecule has 120 valence electrons. The number of hydrogen-bond acceptors (Lipinski definition) is 5. The van der Waals surface area contributed by atoms with Crippen LogP contribution in [0, 0.1) is 0 Å². The van der Waals surface area contributed by atoms with E-state index in [0.717, 1.165) is 17.2 Å². The summed E-state index contributed by atoms with van der Waals surface area (Å²) in [6.07, 6.45) is 5.19. The van der Waals surface area contributed by atoms with Gasteiger partial charge in [0.2, 0.25) is 0 Å². The number of fused-ring (bicyclic) bond motifs is 1. The van der Waals surface area contributed by atoms with Gasteiger partial charge in [-0.15, -0.1) is 31.9 Å². The van der Waals surface area contributed by atoms with Crippen LogP contribution < -0.4 is 0 Å². The van der Waals surface area contributed by atoms with Crippen LogP contribution in [-0.2, 0) is 6.16 Å². The maximum Gasteiger partial charge on any atom is 0.114 e. The number of nitrogens with zero attached hydrogens (tertiary/aromatic N) is 2. The van der Waals surface area contributed by atoms with E-state index >= 15 is 0 Å². The van der Waals surface area contributed by atoms with E-state index in [9.17, 15) is 0 Å². The number of benzene rings is 1. The minimum atomic E-state index is 0.990. The third-order valence-electron chi connectivity index (χ3n) is 3.77. The van der Waals surface area contributed by atoms with Crippen molar-refractivity contribution < 1.29 is 0 Å².